The molecule has 178 valence electrons. The molecule has 1 aromatic carbocycles. The zero-order chi connectivity index (χ0) is 23.3. The summed E-state index contributed by atoms with van der Waals surface area (Å²) >= 11 is 6.13. The Bertz CT molecular complexity index is 966. The third kappa shape index (κ3) is 6.01. The van der Waals surface area contributed by atoms with E-state index >= 15 is 0 Å². The number of halogens is 1. The van der Waals surface area contributed by atoms with E-state index in [9.17, 15) is 9.59 Å². The Morgan fingerprint density at radius 3 is 2.67 bits per heavy atom. The number of benzene rings is 1. The number of carbonyl (C=O) groups is 2. The molecule has 33 heavy (non-hydrogen) atoms. The summed E-state index contributed by atoms with van der Waals surface area (Å²) in [6.07, 6.45) is 2.99. The Labute approximate surface area is 197 Å². The molecule has 0 radical (unpaired) electrons. The van der Waals surface area contributed by atoms with Crippen molar-refractivity contribution < 1.29 is 23.8 Å². The standard InChI is InChI=1S/C22H28ClN5O5/c1-17-10-18(2-3-19(17)23)32-14-22(11-20(29)26-4-7-31-8-5-26)13-27(6-9-33-22)21(30)12-28-16-24-15-25-28/h2-3,10,15-16H,4-9,11-14H2,1H3/t22-/m1/s1. The van der Waals surface area contributed by atoms with Crippen molar-refractivity contribution in [2.45, 2.75) is 25.5 Å². The first kappa shape index (κ1) is 23.5. The second-order valence-electron chi connectivity index (χ2n) is 8.31. The molecule has 3 heterocycles. The van der Waals surface area contributed by atoms with E-state index in [4.69, 9.17) is 25.8 Å². The van der Waals surface area contributed by atoms with Crippen LogP contribution in [0.5, 0.6) is 5.75 Å². The monoisotopic (exact) mass is 477 g/mol. The van der Waals surface area contributed by atoms with E-state index in [1.807, 2.05) is 13.0 Å². The van der Waals surface area contributed by atoms with Crippen molar-refractivity contribution in [2.75, 3.05) is 52.6 Å². The summed E-state index contributed by atoms with van der Waals surface area (Å²) in [5, 5.41) is 4.66. The van der Waals surface area contributed by atoms with Crippen molar-refractivity contribution >= 4 is 23.4 Å². The van der Waals surface area contributed by atoms with Crippen molar-refractivity contribution in [1.29, 1.82) is 0 Å². The fourth-order valence-corrected chi connectivity index (χ4v) is 4.10. The van der Waals surface area contributed by atoms with Crippen LogP contribution in [-0.4, -0.2) is 94.6 Å². The summed E-state index contributed by atoms with van der Waals surface area (Å²) in [4.78, 5) is 33.4. The molecule has 2 saturated heterocycles. The SMILES string of the molecule is Cc1cc(OC[C@@]2(CC(=O)N3CCOCC3)CN(C(=O)Cn3cncn3)CCO2)ccc1Cl. The molecule has 1 aromatic heterocycles. The summed E-state index contributed by atoms with van der Waals surface area (Å²) in [7, 11) is 0. The quantitative estimate of drug-likeness (QED) is 0.590. The highest BCUT2D eigenvalue weighted by molar-refractivity contribution is 6.31. The van der Waals surface area contributed by atoms with E-state index in [0.717, 1.165) is 5.56 Å². The molecule has 0 unspecified atom stereocenters. The molecule has 0 N–H and O–H groups in total. The molecule has 11 heteroatoms. The van der Waals surface area contributed by atoms with Crippen LogP contribution < -0.4 is 4.74 Å². The number of aromatic nitrogens is 3. The minimum absolute atomic E-state index is 0.0419. The van der Waals surface area contributed by atoms with E-state index < -0.39 is 5.60 Å². The lowest BCUT2D eigenvalue weighted by atomic mass is 9.96. The highest BCUT2D eigenvalue weighted by Crippen LogP contribution is 2.27. The highest BCUT2D eigenvalue weighted by Gasteiger charge is 2.42. The average molecular weight is 478 g/mol. The predicted molar refractivity (Wildman–Crippen MR) is 119 cm³/mol. The van der Waals surface area contributed by atoms with Crippen LogP contribution in [0.4, 0.5) is 0 Å². The maximum absolute atomic E-state index is 13.1. The van der Waals surface area contributed by atoms with Gasteiger partial charge in [-0.25, -0.2) is 9.67 Å². The molecule has 10 nitrogen and oxygen atoms in total. The summed E-state index contributed by atoms with van der Waals surface area (Å²) in [6.45, 7) is 5.19. The number of rotatable bonds is 7. The second-order valence-corrected chi connectivity index (χ2v) is 8.72. The maximum atomic E-state index is 13.1. The van der Waals surface area contributed by atoms with Crippen LogP contribution in [-0.2, 0) is 25.6 Å². The van der Waals surface area contributed by atoms with Gasteiger partial charge in [0.15, 0.2) is 0 Å². The van der Waals surface area contributed by atoms with Gasteiger partial charge in [-0.05, 0) is 30.7 Å². The fraction of sp³-hybridized carbons (Fsp3) is 0.545. The van der Waals surface area contributed by atoms with Gasteiger partial charge in [0.1, 0.15) is 37.2 Å². The smallest absolute Gasteiger partial charge is 0.244 e. The van der Waals surface area contributed by atoms with Crippen LogP contribution in [0.2, 0.25) is 5.02 Å². The lowest BCUT2D eigenvalue weighted by Gasteiger charge is -2.43. The first-order valence-electron chi connectivity index (χ1n) is 10.9. The van der Waals surface area contributed by atoms with Crippen LogP contribution in [0.1, 0.15) is 12.0 Å². The Kier molecular flexibility index (Phi) is 7.46. The number of amides is 2. The Morgan fingerprint density at radius 2 is 1.94 bits per heavy atom. The highest BCUT2D eigenvalue weighted by atomic mass is 35.5. The second kappa shape index (κ2) is 10.5. The van der Waals surface area contributed by atoms with E-state index in [1.165, 1.54) is 17.3 Å². The normalized spacial score (nSPS) is 21.2. The Morgan fingerprint density at radius 1 is 1.15 bits per heavy atom. The molecule has 0 aliphatic carbocycles. The molecular weight excluding hydrogens is 450 g/mol. The molecule has 2 aliphatic heterocycles. The van der Waals surface area contributed by atoms with Crippen molar-refractivity contribution in [3.8, 4) is 5.75 Å². The van der Waals surface area contributed by atoms with Gasteiger partial charge in [-0.3, -0.25) is 9.59 Å². The third-order valence-electron chi connectivity index (χ3n) is 5.83. The van der Waals surface area contributed by atoms with Gasteiger partial charge in [0, 0.05) is 24.7 Å². The average Bonchev–Trinajstić information content (AvgIpc) is 3.34. The number of morpholine rings is 2. The number of carbonyl (C=O) groups excluding carboxylic acids is 2. The summed E-state index contributed by atoms with van der Waals surface area (Å²) in [5.41, 5.74) is -0.0824. The number of hydrogen-bond donors (Lipinski definition) is 0. The van der Waals surface area contributed by atoms with Crippen molar-refractivity contribution in [1.82, 2.24) is 24.6 Å². The molecule has 0 saturated carbocycles. The topological polar surface area (TPSA) is 99.0 Å². The van der Waals surface area contributed by atoms with Gasteiger partial charge < -0.3 is 24.0 Å². The number of hydrogen-bond acceptors (Lipinski definition) is 7. The molecule has 0 spiro atoms. The molecule has 0 bridgehead atoms. The van der Waals surface area contributed by atoms with E-state index in [1.54, 1.807) is 21.9 Å². The molecule has 4 rings (SSSR count). The van der Waals surface area contributed by atoms with Crippen molar-refractivity contribution in [2.24, 2.45) is 0 Å². The summed E-state index contributed by atoms with van der Waals surface area (Å²) in [6, 6.07) is 5.40. The van der Waals surface area contributed by atoms with Crippen LogP contribution in [0.3, 0.4) is 0 Å². The van der Waals surface area contributed by atoms with Gasteiger partial charge in [-0.15, -0.1) is 0 Å². The minimum Gasteiger partial charge on any atom is -0.490 e. The molecule has 2 aromatic rings. The number of aryl methyl sites for hydroxylation is 1. The molecule has 1 atom stereocenters. The zero-order valence-electron chi connectivity index (χ0n) is 18.6. The van der Waals surface area contributed by atoms with Crippen LogP contribution in [0, 0.1) is 6.92 Å². The third-order valence-corrected chi connectivity index (χ3v) is 6.26. The van der Waals surface area contributed by atoms with Gasteiger partial charge in [0.25, 0.3) is 0 Å². The van der Waals surface area contributed by atoms with Gasteiger partial charge in [0.05, 0.1) is 32.8 Å². The number of nitrogens with zero attached hydrogens (tertiary/aromatic N) is 5. The van der Waals surface area contributed by atoms with E-state index in [2.05, 4.69) is 10.1 Å². The summed E-state index contributed by atoms with van der Waals surface area (Å²) < 4.78 is 19.1. The number of ether oxygens (including phenoxy) is 3. The van der Waals surface area contributed by atoms with E-state index in [0.29, 0.717) is 50.2 Å². The Balaban J connectivity index is 1.49. The predicted octanol–water partition coefficient (Wildman–Crippen LogP) is 1.17. The van der Waals surface area contributed by atoms with Crippen molar-refractivity contribution in [3.05, 3.63) is 41.4 Å². The van der Waals surface area contributed by atoms with Gasteiger partial charge in [-0.2, -0.15) is 5.10 Å². The van der Waals surface area contributed by atoms with E-state index in [-0.39, 0.29) is 37.9 Å². The van der Waals surface area contributed by atoms with Crippen molar-refractivity contribution in [3.63, 3.8) is 0 Å². The largest absolute Gasteiger partial charge is 0.490 e. The molecule has 2 aliphatic rings. The maximum Gasteiger partial charge on any atom is 0.244 e. The molecule has 2 fully saturated rings. The first-order chi connectivity index (χ1) is 15.9. The van der Waals surface area contributed by atoms with Crippen LogP contribution in [0.25, 0.3) is 0 Å². The van der Waals surface area contributed by atoms with Gasteiger partial charge >= 0.3 is 0 Å². The lowest BCUT2D eigenvalue weighted by Crippen LogP contribution is -2.59. The van der Waals surface area contributed by atoms with Crippen LogP contribution >= 0.6 is 11.6 Å². The zero-order valence-corrected chi connectivity index (χ0v) is 19.4. The van der Waals surface area contributed by atoms with Gasteiger partial charge in [-0.1, -0.05) is 11.6 Å². The Hall–Kier alpha value is -2.69. The minimum atomic E-state index is -0.973. The van der Waals surface area contributed by atoms with Crippen LogP contribution in [0.15, 0.2) is 30.9 Å². The fourth-order valence-electron chi connectivity index (χ4n) is 3.98. The molecular formula is C22H28ClN5O5. The first-order valence-corrected chi connectivity index (χ1v) is 11.3. The summed E-state index contributed by atoms with van der Waals surface area (Å²) in [5.74, 6) is 0.471. The van der Waals surface area contributed by atoms with Gasteiger partial charge in [0.2, 0.25) is 11.8 Å². The molecule has 2 amide bonds. The lowest BCUT2D eigenvalue weighted by molar-refractivity contribution is -0.167.